The summed E-state index contributed by atoms with van der Waals surface area (Å²) in [5.74, 6) is 1.60. The molecule has 7 nitrogen and oxygen atoms in total. The van der Waals surface area contributed by atoms with Gasteiger partial charge < -0.3 is 13.6 Å². The first-order valence-electron chi connectivity index (χ1n) is 26.2. The van der Waals surface area contributed by atoms with E-state index in [0.717, 1.165) is 76.8 Å². The van der Waals surface area contributed by atoms with Gasteiger partial charge >= 0.3 is 0 Å². The zero-order valence-corrected chi connectivity index (χ0v) is 45.1. The third-order valence-corrected chi connectivity index (χ3v) is 15.2. The molecule has 0 unspecified atom stereocenters. The van der Waals surface area contributed by atoms with Crippen LogP contribution < -0.4 is 0 Å². The van der Waals surface area contributed by atoms with E-state index in [1.54, 1.807) is 0 Å². The summed E-state index contributed by atoms with van der Waals surface area (Å²) in [4.78, 5) is 15.5. The monoisotopic (exact) mass is 978 g/mol. The third kappa shape index (κ3) is 7.89. The second-order valence-electron chi connectivity index (χ2n) is 24.5. The quantitative estimate of drug-likeness (QED) is 0.171. The fourth-order valence-corrected chi connectivity index (χ4v) is 10.9. The van der Waals surface area contributed by atoms with Crippen LogP contribution in [0.15, 0.2) is 162 Å². The van der Waals surface area contributed by atoms with Gasteiger partial charge in [0.2, 0.25) is 0 Å². The highest BCUT2D eigenvalue weighted by atomic mass is 16.3. The number of para-hydroxylation sites is 1. The molecule has 4 aromatic heterocycles. The standard InChI is InChI=1S/C68H62N6O/c1-65(2,3)43-26-30-53-49(35-43)50-36-44(66(4,5)6)27-31-54(50)73(53)57-34-42(39-69)59(74-55-32-28-45(67(7,8)9)37-51(55)52-38-46(68(10,11)12)29-33-56(52)74)61-58(57)47-24-19-25-48(60(47)75-61)64-71-62(40-20-15-13-16-21-40)70-63(72-64)41-22-17-14-18-23-41/h13-38H,1-12H3. The number of nitriles is 1. The van der Waals surface area contributed by atoms with Crippen LogP contribution in [0.5, 0.6) is 0 Å². The van der Waals surface area contributed by atoms with Crippen LogP contribution in [0.4, 0.5) is 0 Å². The first-order valence-corrected chi connectivity index (χ1v) is 26.2. The molecule has 0 aliphatic rings. The minimum atomic E-state index is -0.0918. The number of benzene rings is 8. The van der Waals surface area contributed by atoms with E-state index in [-0.39, 0.29) is 21.7 Å². The number of rotatable bonds is 5. The van der Waals surface area contributed by atoms with Crippen molar-refractivity contribution in [2.45, 2.75) is 105 Å². The Labute approximate surface area is 439 Å². The fourth-order valence-electron chi connectivity index (χ4n) is 10.9. The maximum Gasteiger partial charge on any atom is 0.167 e. The molecule has 0 saturated heterocycles. The summed E-state index contributed by atoms with van der Waals surface area (Å²) >= 11 is 0. The van der Waals surface area contributed by atoms with Crippen LogP contribution in [-0.2, 0) is 21.7 Å². The molecule has 0 fully saturated rings. The topological polar surface area (TPSA) is 85.5 Å². The number of fused-ring (bicyclic) bond motifs is 9. The van der Waals surface area contributed by atoms with Crippen LogP contribution in [0, 0.1) is 11.3 Å². The molecule has 370 valence electrons. The van der Waals surface area contributed by atoms with Crippen molar-refractivity contribution in [3.63, 3.8) is 0 Å². The van der Waals surface area contributed by atoms with Crippen molar-refractivity contribution in [2.24, 2.45) is 0 Å². The van der Waals surface area contributed by atoms with Crippen molar-refractivity contribution >= 4 is 65.6 Å². The largest absolute Gasteiger partial charge is 0.453 e. The van der Waals surface area contributed by atoms with Crippen LogP contribution in [0.25, 0.3) is 111 Å². The summed E-state index contributed by atoms with van der Waals surface area (Å²) in [6.45, 7) is 27.2. The van der Waals surface area contributed by atoms with Crippen LogP contribution in [0.1, 0.15) is 111 Å². The van der Waals surface area contributed by atoms with Crippen molar-refractivity contribution < 1.29 is 4.42 Å². The lowest BCUT2D eigenvalue weighted by molar-refractivity contribution is 0.590. The summed E-state index contributed by atoms with van der Waals surface area (Å²) in [5, 5.41) is 18.1. The molecule has 12 aromatic rings. The highest BCUT2D eigenvalue weighted by molar-refractivity contribution is 6.20. The Bertz CT molecular complexity index is 4120. The van der Waals surface area contributed by atoms with Crippen LogP contribution in [-0.4, -0.2) is 24.1 Å². The minimum Gasteiger partial charge on any atom is -0.453 e. The minimum absolute atomic E-state index is 0.0797. The molecule has 0 bridgehead atoms. The van der Waals surface area contributed by atoms with E-state index in [1.165, 1.54) is 22.3 Å². The average Bonchev–Trinajstić information content (AvgIpc) is 4.17. The summed E-state index contributed by atoms with van der Waals surface area (Å²) < 4.78 is 12.2. The van der Waals surface area contributed by atoms with E-state index in [1.807, 2.05) is 66.7 Å². The molecule has 0 atom stereocenters. The van der Waals surface area contributed by atoms with Crippen LogP contribution >= 0.6 is 0 Å². The first-order chi connectivity index (χ1) is 35.7. The SMILES string of the molecule is CC(C)(C)c1ccc2c(c1)c1cc(C(C)(C)C)ccc1n2-c1c(C#N)cc(-n2c3ccc(C(C)(C)C)cc3c3cc(C(C)(C)C)ccc32)c2c1oc1c(-c3nc(-c4ccccc4)nc(-c4ccccc4)n3)cccc12. The number of nitrogens with zero attached hydrogens (tertiary/aromatic N) is 6. The third-order valence-electron chi connectivity index (χ3n) is 15.2. The molecule has 0 radical (unpaired) electrons. The van der Waals surface area contributed by atoms with Gasteiger partial charge in [-0.15, -0.1) is 0 Å². The molecule has 4 heterocycles. The molecule has 12 rings (SSSR count). The van der Waals surface area contributed by atoms with E-state index in [9.17, 15) is 5.26 Å². The second kappa shape index (κ2) is 16.8. The van der Waals surface area contributed by atoms with Crippen LogP contribution in [0.3, 0.4) is 0 Å². The molecule has 8 aromatic carbocycles. The molecule has 0 N–H and O–H groups in total. The summed E-state index contributed by atoms with van der Waals surface area (Å²) in [6.07, 6.45) is 0. The molecule has 0 amide bonds. The molecule has 0 spiro atoms. The average molecular weight is 979 g/mol. The Kier molecular flexibility index (Phi) is 10.7. The van der Waals surface area contributed by atoms with Gasteiger partial charge in [-0.25, -0.2) is 15.0 Å². The first kappa shape index (κ1) is 47.7. The molecular formula is C68H62N6O. The van der Waals surface area contributed by atoms with Gasteiger partial charge in [-0.1, -0.05) is 180 Å². The van der Waals surface area contributed by atoms with Gasteiger partial charge in [0.15, 0.2) is 23.1 Å². The van der Waals surface area contributed by atoms with Crippen molar-refractivity contribution in [3.8, 4) is 51.6 Å². The van der Waals surface area contributed by atoms with Gasteiger partial charge in [0.1, 0.15) is 17.3 Å². The van der Waals surface area contributed by atoms with Crippen LogP contribution in [0.2, 0.25) is 0 Å². The Morgan fingerprint density at radius 3 is 1.20 bits per heavy atom. The molecule has 0 aliphatic heterocycles. The van der Waals surface area contributed by atoms with Crippen molar-refractivity contribution in [1.82, 2.24) is 24.1 Å². The van der Waals surface area contributed by atoms with E-state index < -0.39 is 0 Å². The molecule has 7 heteroatoms. The number of aromatic nitrogens is 5. The van der Waals surface area contributed by atoms with Crippen molar-refractivity contribution in [3.05, 3.63) is 186 Å². The number of furan rings is 1. The molecular weight excluding hydrogens is 917 g/mol. The van der Waals surface area contributed by atoms with E-state index in [0.29, 0.717) is 39.9 Å². The smallest absolute Gasteiger partial charge is 0.167 e. The predicted molar refractivity (Wildman–Crippen MR) is 312 cm³/mol. The lowest BCUT2D eigenvalue weighted by atomic mass is 9.85. The lowest BCUT2D eigenvalue weighted by Gasteiger charge is -2.20. The zero-order chi connectivity index (χ0) is 52.5. The Morgan fingerprint density at radius 1 is 0.400 bits per heavy atom. The Hall–Kier alpha value is -8.34. The van der Waals surface area contributed by atoms with E-state index >= 15 is 0 Å². The highest BCUT2D eigenvalue weighted by Gasteiger charge is 2.30. The second-order valence-corrected chi connectivity index (χ2v) is 24.5. The molecule has 0 saturated carbocycles. The van der Waals surface area contributed by atoms with Gasteiger partial charge in [-0.2, -0.15) is 5.26 Å². The lowest BCUT2D eigenvalue weighted by Crippen LogP contribution is -2.10. The maximum atomic E-state index is 11.8. The van der Waals surface area contributed by atoms with Gasteiger partial charge in [0.05, 0.1) is 44.3 Å². The van der Waals surface area contributed by atoms with Crippen molar-refractivity contribution in [2.75, 3.05) is 0 Å². The Balaban J connectivity index is 1.25. The van der Waals surface area contributed by atoms with Crippen molar-refractivity contribution in [1.29, 1.82) is 5.26 Å². The fraction of sp³-hybridized carbons (Fsp3) is 0.235. The molecule has 75 heavy (non-hydrogen) atoms. The summed E-state index contributed by atoms with van der Waals surface area (Å²) in [6, 6.07) is 58.6. The highest BCUT2D eigenvalue weighted by Crippen LogP contribution is 2.48. The summed E-state index contributed by atoms with van der Waals surface area (Å²) in [7, 11) is 0. The maximum absolute atomic E-state index is 11.8. The number of hydrogen-bond acceptors (Lipinski definition) is 5. The predicted octanol–water partition coefficient (Wildman–Crippen LogP) is 18.0. The van der Waals surface area contributed by atoms with E-state index in [2.05, 4.69) is 189 Å². The van der Waals surface area contributed by atoms with Gasteiger partial charge in [-0.3, -0.25) is 0 Å². The van der Waals surface area contributed by atoms with Gasteiger partial charge in [0.25, 0.3) is 0 Å². The van der Waals surface area contributed by atoms with E-state index in [4.69, 9.17) is 19.4 Å². The molecule has 0 aliphatic carbocycles. The normalized spacial score (nSPS) is 12.8. The zero-order valence-electron chi connectivity index (χ0n) is 45.1. The summed E-state index contributed by atoms with van der Waals surface area (Å²) in [5.41, 5.74) is 14.4. The van der Waals surface area contributed by atoms with Gasteiger partial charge in [0, 0.05) is 38.1 Å². The Morgan fingerprint density at radius 2 is 0.800 bits per heavy atom. The number of hydrogen-bond donors (Lipinski definition) is 0. The van der Waals surface area contributed by atoms with Gasteiger partial charge in [-0.05, 0) is 105 Å².